The predicted molar refractivity (Wildman–Crippen MR) is 153 cm³/mol. The Morgan fingerprint density at radius 2 is 1.25 bits per heavy atom. The summed E-state index contributed by atoms with van der Waals surface area (Å²) in [6.45, 7) is 2.77. The zero-order chi connectivity index (χ0) is 28.1. The Morgan fingerprint density at radius 1 is 0.725 bits per heavy atom. The molecule has 0 aliphatic carbocycles. The third-order valence-electron chi connectivity index (χ3n) is 6.23. The van der Waals surface area contributed by atoms with Crippen LogP contribution in [0.5, 0.6) is 11.5 Å². The number of rotatable bonds is 8. The molecule has 0 spiro atoms. The highest BCUT2D eigenvalue weighted by Gasteiger charge is 2.36. The van der Waals surface area contributed by atoms with Crippen LogP contribution in [0.15, 0.2) is 103 Å². The number of amides is 4. The van der Waals surface area contributed by atoms with Crippen LogP contribution in [0.3, 0.4) is 0 Å². The van der Waals surface area contributed by atoms with E-state index in [1.54, 1.807) is 60.7 Å². The van der Waals surface area contributed by atoms with Gasteiger partial charge in [-0.15, -0.1) is 0 Å². The molecule has 1 aliphatic heterocycles. The van der Waals surface area contributed by atoms with Crippen molar-refractivity contribution >= 4 is 41.2 Å². The minimum absolute atomic E-state index is 0.158. The second-order valence-corrected chi connectivity index (χ2v) is 9.65. The summed E-state index contributed by atoms with van der Waals surface area (Å²) in [6.07, 6.45) is 1.44. The number of aryl methyl sites for hydroxylation is 1. The molecule has 7 nitrogen and oxygen atoms in total. The topological polar surface area (TPSA) is 84.9 Å². The molecule has 0 aromatic heterocycles. The van der Waals surface area contributed by atoms with Crippen molar-refractivity contribution in [3.8, 4) is 11.5 Å². The smallest absolute Gasteiger partial charge is 0.335 e. The van der Waals surface area contributed by atoms with Crippen LogP contribution in [0.25, 0.3) is 6.08 Å². The molecule has 1 aliphatic rings. The molecule has 0 radical (unpaired) electrons. The van der Waals surface area contributed by atoms with Crippen molar-refractivity contribution in [2.75, 3.05) is 4.90 Å². The van der Waals surface area contributed by atoms with Gasteiger partial charge in [-0.3, -0.25) is 14.9 Å². The summed E-state index contributed by atoms with van der Waals surface area (Å²) in [5, 5.41) is 2.90. The maximum Gasteiger partial charge on any atom is 0.335 e. The van der Waals surface area contributed by atoms with Gasteiger partial charge in [0.1, 0.15) is 30.3 Å². The van der Waals surface area contributed by atoms with E-state index in [4.69, 9.17) is 21.1 Å². The highest BCUT2D eigenvalue weighted by molar-refractivity contribution is 6.39. The fraction of sp³-hybridized carbons (Fsp3) is 0.0938. The lowest BCUT2D eigenvalue weighted by Crippen LogP contribution is -2.54. The number of hydrogen-bond acceptors (Lipinski definition) is 5. The predicted octanol–water partition coefficient (Wildman–Crippen LogP) is 6.47. The lowest BCUT2D eigenvalue weighted by atomic mass is 10.1. The standard InChI is InChI=1S/C32H25ClN2O5/c1-21-2-4-23(5-3-21)19-40-28-16-12-26(13-17-28)35-31(37)29(30(36)34-32(35)38)18-22-8-14-27(15-9-22)39-20-24-6-10-25(33)11-7-24/h2-18H,19-20H2,1H3,(H,34,36,38)/b29-18+. The van der Waals surface area contributed by atoms with E-state index in [1.807, 2.05) is 43.3 Å². The Balaban J connectivity index is 1.25. The first-order valence-electron chi connectivity index (χ1n) is 12.5. The zero-order valence-electron chi connectivity index (χ0n) is 21.6. The van der Waals surface area contributed by atoms with Gasteiger partial charge in [-0.2, -0.15) is 0 Å². The Labute approximate surface area is 236 Å². The molecule has 1 saturated heterocycles. The van der Waals surface area contributed by atoms with E-state index < -0.39 is 17.8 Å². The van der Waals surface area contributed by atoms with Gasteiger partial charge in [-0.1, -0.05) is 65.7 Å². The minimum atomic E-state index is -0.813. The fourth-order valence-corrected chi connectivity index (χ4v) is 4.13. The number of hydrogen-bond donors (Lipinski definition) is 1. The summed E-state index contributed by atoms with van der Waals surface area (Å²) < 4.78 is 11.6. The number of nitrogens with one attached hydrogen (secondary N) is 1. The number of ether oxygens (including phenoxy) is 2. The Kier molecular flexibility index (Phi) is 7.94. The lowest BCUT2D eigenvalue weighted by molar-refractivity contribution is -0.122. The molecule has 0 bridgehead atoms. The van der Waals surface area contributed by atoms with E-state index in [1.165, 1.54) is 11.6 Å². The molecule has 200 valence electrons. The monoisotopic (exact) mass is 552 g/mol. The van der Waals surface area contributed by atoms with Gasteiger partial charge in [0.05, 0.1) is 5.69 Å². The number of nitrogens with zero attached hydrogens (tertiary/aromatic N) is 1. The number of carbonyl (C=O) groups is 3. The maximum atomic E-state index is 13.2. The zero-order valence-corrected chi connectivity index (χ0v) is 22.4. The average molecular weight is 553 g/mol. The molecular formula is C32H25ClN2O5. The summed E-state index contributed by atoms with van der Waals surface area (Å²) in [5.41, 5.74) is 3.92. The second-order valence-electron chi connectivity index (χ2n) is 9.21. The molecule has 5 rings (SSSR count). The molecule has 4 amide bonds. The Hall–Kier alpha value is -4.88. The summed E-state index contributed by atoms with van der Waals surface area (Å²) in [5.74, 6) is -0.269. The molecule has 4 aromatic rings. The Morgan fingerprint density at radius 3 is 1.82 bits per heavy atom. The van der Waals surface area contributed by atoms with E-state index in [0.717, 1.165) is 16.0 Å². The van der Waals surface area contributed by atoms with Gasteiger partial charge in [-0.25, -0.2) is 9.69 Å². The van der Waals surface area contributed by atoms with Crippen LogP contribution in [0.2, 0.25) is 5.02 Å². The highest BCUT2D eigenvalue weighted by atomic mass is 35.5. The van der Waals surface area contributed by atoms with Gasteiger partial charge in [0, 0.05) is 5.02 Å². The molecule has 40 heavy (non-hydrogen) atoms. The molecular weight excluding hydrogens is 528 g/mol. The summed E-state index contributed by atoms with van der Waals surface area (Å²) in [7, 11) is 0. The molecule has 0 saturated carbocycles. The largest absolute Gasteiger partial charge is 0.489 e. The number of carbonyl (C=O) groups excluding carboxylic acids is 3. The maximum absolute atomic E-state index is 13.2. The second kappa shape index (κ2) is 11.9. The van der Waals surface area contributed by atoms with Crippen molar-refractivity contribution in [1.82, 2.24) is 5.32 Å². The molecule has 4 aromatic carbocycles. The third-order valence-corrected chi connectivity index (χ3v) is 6.48. The van der Waals surface area contributed by atoms with Crippen LogP contribution in [-0.4, -0.2) is 17.8 Å². The molecule has 1 fully saturated rings. The van der Waals surface area contributed by atoms with E-state index >= 15 is 0 Å². The minimum Gasteiger partial charge on any atom is -0.489 e. The van der Waals surface area contributed by atoms with Crippen LogP contribution >= 0.6 is 11.6 Å². The summed E-state index contributed by atoms with van der Waals surface area (Å²) in [6, 6.07) is 28.0. The van der Waals surface area contributed by atoms with E-state index in [2.05, 4.69) is 5.32 Å². The number of anilines is 1. The first-order valence-corrected chi connectivity index (χ1v) is 12.9. The van der Waals surface area contributed by atoms with Crippen molar-refractivity contribution in [1.29, 1.82) is 0 Å². The van der Waals surface area contributed by atoms with Crippen LogP contribution in [0, 0.1) is 6.92 Å². The first kappa shape index (κ1) is 26.7. The molecule has 0 atom stereocenters. The van der Waals surface area contributed by atoms with Crippen molar-refractivity contribution in [2.45, 2.75) is 20.1 Å². The van der Waals surface area contributed by atoms with Gasteiger partial charge in [0.25, 0.3) is 11.8 Å². The molecule has 8 heteroatoms. The van der Waals surface area contributed by atoms with Crippen molar-refractivity contribution in [2.24, 2.45) is 0 Å². The van der Waals surface area contributed by atoms with E-state index in [9.17, 15) is 14.4 Å². The number of benzene rings is 4. The van der Waals surface area contributed by atoms with Gasteiger partial charge in [-0.05, 0) is 78.2 Å². The third kappa shape index (κ3) is 6.39. The van der Waals surface area contributed by atoms with Gasteiger partial charge >= 0.3 is 6.03 Å². The van der Waals surface area contributed by atoms with Crippen LogP contribution in [-0.2, 0) is 22.8 Å². The van der Waals surface area contributed by atoms with Crippen molar-refractivity contribution in [3.05, 3.63) is 130 Å². The summed E-state index contributed by atoms with van der Waals surface area (Å²) >= 11 is 5.91. The van der Waals surface area contributed by atoms with Crippen LogP contribution in [0.4, 0.5) is 10.5 Å². The van der Waals surface area contributed by atoms with E-state index in [-0.39, 0.29) is 5.57 Å². The molecule has 1 heterocycles. The molecule has 0 unspecified atom stereocenters. The van der Waals surface area contributed by atoms with Gasteiger partial charge in [0.15, 0.2) is 0 Å². The van der Waals surface area contributed by atoms with Crippen molar-refractivity contribution < 1.29 is 23.9 Å². The van der Waals surface area contributed by atoms with Gasteiger partial charge in [0.2, 0.25) is 0 Å². The number of urea groups is 1. The van der Waals surface area contributed by atoms with Gasteiger partial charge < -0.3 is 9.47 Å². The van der Waals surface area contributed by atoms with Crippen LogP contribution in [0.1, 0.15) is 22.3 Å². The molecule has 1 N–H and O–H groups in total. The number of halogens is 1. The number of imide groups is 2. The van der Waals surface area contributed by atoms with Crippen LogP contribution < -0.4 is 19.7 Å². The normalized spacial score (nSPS) is 14.3. The average Bonchev–Trinajstić information content (AvgIpc) is 2.96. The van der Waals surface area contributed by atoms with Crippen molar-refractivity contribution in [3.63, 3.8) is 0 Å². The Bertz CT molecular complexity index is 1560. The highest BCUT2D eigenvalue weighted by Crippen LogP contribution is 2.25. The lowest BCUT2D eigenvalue weighted by Gasteiger charge is -2.26. The fourth-order valence-electron chi connectivity index (χ4n) is 4.01. The first-order chi connectivity index (χ1) is 19.4. The summed E-state index contributed by atoms with van der Waals surface area (Å²) in [4.78, 5) is 39.3. The quantitative estimate of drug-likeness (QED) is 0.200. The van der Waals surface area contributed by atoms with E-state index in [0.29, 0.717) is 41.0 Å². The number of barbiturate groups is 1. The SMILES string of the molecule is Cc1ccc(COc2ccc(N3C(=O)NC(=O)/C(=C\c4ccc(OCc5ccc(Cl)cc5)cc4)C3=O)cc2)cc1.